The van der Waals surface area contributed by atoms with Gasteiger partial charge in [0.15, 0.2) is 5.82 Å². The molecule has 0 saturated heterocycles. The van der Waals surface area contributed by atoms with Crippen LogP contribution in [0, 0.1) is 0 Å². The Balaban J connectivity index is 1.76. The summed E-state index contributed by atoms with van der Waals surface area (Å²) < 4.78 is 52.0. The third-order valence-corrected chi connectivity index (χ3v) is 6.10. The van der Waals surface area contributed by atoms with E-state index in [0.717, 1.165) is 12.3 Å². The average molecular weight is 447 g/mol. The fourth-order valence-electron chi connectivity index (χ4n) is 3.24. The van der Waals surface area contributed by atoms with Crippen molar-refractivity contribution < 1.29 is 22.2 Å². The van der Waals surface area contributed by atoms with Gasteiger partial charge in [0.1, 0.15) is 5.69 Å². The summed E-state index contributed by atoms with van der Waals surface area (Å²) in [5, 5.41) is 0. The molecule has 0 radical (unpaired) electrons. The van der Waals surface area contributed by atoms with Crippen molar-refractivity contribution in [3.63, 3.8) is 0 Å². The maximum Gasteiger partial charge on any atom is 0.417 e. The van der Waals surface area contributed by atoms with Crippen molar-refractivity contribution in [2.24, 2.45) is 0 Å². The first-order chi connectivity index (χ1) is 14.8. The largest absolute Gasteiger partial charge is 0.417 e. The van der Waals surface area contributed by atoms with Gasteiger partial charge in [0.05, 0.1) is 32.6 Å². The molecule has 1 amide bonds. The lowest BCUT2D eigenvalue weighted by Crippen LogP contribution is -2.31. The zero-order chi connectivity index (χ0) is 22.2. The third-order valence-electron chi connectivity index (χ3n) is 4.77. The predicted molar refractivity (Wildman–Crippen MR) is 107 cm³/mol. The van der Waals surface area contributed by atoms with Gasteiger partial charge in [-0.2, -0.15) is 13.2 Å². The maximum absolute atomic E-state index is 13.2. The number of alkyl halides is 3. The number of nitrogens with zero attached hydrogens (tertiary/aromatic N) is 5. The van der Waals surface area contributed by atoms with Gasteiger partial charge < -0.3 is 4.90 Å². The highest BCUT2D eigenvalue weighted by Crippen LogP contribution is 2.35. The van der Waals surface area contributed by atoms with E-state index in [9.17, 15) is 22.2 Å². The van der Waals surface area contributed by atoms with Crippen LogP contribution in [-0.4, -0.2) is 42.3 Å². The van der Waals surface area contributed by atoms with Crippen molar-refractivity contribution in [3.8, 4) is 11.4 Å². The monoisotopic (exact) mass is 447 g/mol. The van der Waals surface area contributed by atoms with Gasteiger partial charge in [-0.15, -0.1) is 0 Å². The molecule has 0 bridgehead atoms. The van der Waals surface area contributed by atoms with Crippen LogP contribution < -0.4 is 4.90 Å². The summed E-state index contributed by atoms with van der Waals surface area (Å²) in [5.74, 6) is -0.0386. The molecule has 1 aliphatic rings. The summed E-state index contributed by atoms with van der Waals surface area (Å²) in [6.45, 7) is 1.85. The van der Waals surface area contributed by atoms with Gasteiger partial charge in [-0.25, -0.2) is 15.0 Å². The Kier molecular flexibility index (Phi) is 5.52. The molecule has 0 saturated carbocycles. The van der Waals surface area contributed by atoms with Crippen LogP contribution in [0.25, 0.3) is 11.4 Å². The first kappa shape index (κ1) is 21.0. The minimum Gasteiger partial charge on any atom is -0.305 e. The Morgan fingerprint density at radius 1 is 1.13 bits per heavy atom. The number of pyridine rings is 2. The van der Waals surface area contributed by atoms with E-state index in [1.54, 1.807) is 25.4 Å². The summed E-state index contributed by atoms with van der Waals surface area (Å²) in [6, 6.07) is 4.10. The normalized spacial score (nSPS) is 14.4. The number of aromatic nitrogens is 4. The van der Waals surface area contributed by atoms with Crippen molar-refractivity contribution in [1.82, 2.24) is 19.9 Å². The summed E-state index contributed by atoms with van der Waals surface area (Å²) in [7, 11) is -1.54. The van der Waals surface area contributed by atoms with Gasteiger partial charge in [0.2, 0.25) is 0 Å². The number of halogens is 3. The first-order valence-electron chi connectivity index (χ1n) is 9.33. The Morgan fingerprint density at radius 3 is 2.55 bits per heavy atom. The molecule has 1 unspecified atom stereocenters. The van der Waals surface area contributed by atoms with E-state index >= 15 is 0 Å². The minimum atomic E-state index is -4.58. The van der Waals surface area contributed by atoms with Crippen LogP contribution in [0.2, 0.25) is 0 Å². The van der Waals surface area contributed by atoms with Gasteiger partial charge in [0, 0.05) is 49.1 Å². The number of anilines is 1. The van der Waals surface area contributed by atoms with Gasteiger partial charge >= 0.3 is 6.18 Å². The number of carbonyl (C=O) groups excluding carboxylic acids is 1. The number of amides is 1. The molecule has 1 atom stereocenters. The minimum absolute atomic E-state index is 0.0786. The summed E-state index contributed by atoms with van der Waals surface area (Å²) in [4.78, 5) is 31.0. The fraction of sp³-hybridized carbons (Fsp3) is 0.250. The highest BCUT2D eigenvalue weighted by molar-refractivity contribution is 7.85. The zero-order valence-electron chi connectivity index (χ0n) is 16.3. The highest BCUT2D eigenvalue weighted by Gasteiger charge is 2.36. The number of hydrogen-bond donors (Lipinski definition) is 0. The number of carbonyl (C=O) groups is 1. The number of fused-ring (bicyclic) bond motifs is 1. The fourth-order valence-corrected chi connectivity index (χ4v) is 4.17. The van der Waals surface area contributed by atoms with E-state index in [-0.39, 0.29) is 28.6 Å². The Bertz CT molecular complexity index is 1170. The molecule has 7 nitrogen and oxygen atoms in total. The molecule has 0 spiro atoms. The summed E-state index contributed by atoms with van der Waals surface area (Å²) in [5.41, 5.74) is -0.0473. The summed E-state index contributed by atoms with van der Waals surface area (Å²) in [6.07, 6.45) is 0.983. The van der Waals surface area contributed by atoms with E-state index in [2.05, 4.69) is 19.9 Å². The van der Waals surface area contributed by atoms with Crippen LogP contribution >= 0.6 is 0 Å². The lowest BCUT2D eigenvalue weighted by Gasteiger charge is -2.19. The molecule has 11 heteroatoms. The Morgan fingerprint density at radius 2 is 1.87 bits per heavy atom. The molecular weight excluding hydrogens is 431 g/mol. The molecule has 3 aromatic rings. The van der Waals surface area contributed by atoms with Crippen molar-refractivity contribution in [2.75, 3.05) is 17.2 Å². The molecule has 1 aliphatic heterocycles. The second-order valence-electron chi connectivity index (χ2n) is 6.67. The number of hydrogen-bond acceptors (Lipinski definition) is 6. The van der Waals surface area contributed by atoms with E-state index in [0.29, 0.717) is 23.5 Å². The average Bonchev–Trinajstić information content (AvgIpc) is 3.21. The van der Waals surface area contributed by atoms with Crippen molar-refractivity contribution >= 4 is 22.4 Å². The Hall–Kier alpha value is -3.21. The molecule has 31 heavy (non-hydrogen) atoms. The standard InChI is InChI=1S/C20H16F3N5O2S/c1-2-31(30)16-8-12(18-24-5-3-6-25-18)10-27-17(16)19(29)28-7-4-14-15(28)9-13(11-26-14)20(21,22)23/h3,5-6,8-11H,2,4,7H2,1H3. The third kappa shape index (κ3) is 4.05. The van der Waals surface area contributed by atoms with Gasteiger partial charge in [0.25, 0.3) is 5.91 Å². The van der Waals surface area contributed by atoms with Gasteiger partial charge in [-0.1, -0.05) is 6.92 Å². The Labute approximate surface area is 177 Å². The predicted octanol–water partition coefficient (Wildman–Crippen LogP) is 3.28. The topological polar surface area (TPSA) is 88.9 Å². The quantitative estimate of drug-likeness (QED) is 0.610. The lowest BCUT2D eigenvalue weighted by atomic mass is 10.2. The molecule has 0 aliphatic carbocycles. The second kappa shape index (κ2) is 8.14. The van der Waals surface area contributed by atoms with Crippen LogP contribution in [0.5, 0.6) is 0 Å². The second-order valence-corrected chi connectivity index (χ2v) is 8.38. The van der Waals surface area contributed by atoms with Gasteiger partial charge in [-0.05, 0) is 18.2 Å². The van der Waals surface area contributed by atoms with Crippen molar-refractivity contribution in [2.45, 2.75) is 24.4 Å². The maximum atomic E-state index is 13.2. The molecular formula is C20H16F3N5O2S. The van der Waals surface area contributed by atoms with E-state index < -0.39 is 28.4 Å². The molecule has 3 aromatic heterocycles. The number of rotatable bonds is 4. The molecule has 160 valence electrons. The van der Waals surface area contributed by atoms with Crippen LogP contribution in [0.1, 0.15) is 28.7 Å². The van der Waals surface area contributed by atoms with Crippen molar-refractivity contribution in [3.05, 3.63) is 59.9 Å². The van der Waals surface area contributed by atoms with Crippen LogP contribution in [0.4, 0.5) is 18.9 Å². The first-order valence-corrected chi connectivity index (χ1v) is 10.6. The van der Waals surface area contributed by atoms with E-state index in [1.165, 1.54) is 17.2 Å². The van der Waals surface area contributed by atoms with E-state index in [1.807, 2.05) is 0 Å². The lowest BCUT2D eigenvalue weighted by molar-refractivity contribution is -0.137. The molecule has 4 rings (SSSR count). The van der Waals surface area contributed by atoms with E-state index in [4.69, 9.17) is 0 Å². The van der Waals surface area contributed by atoms with Gasteiger partial charge in [-0.3, -0.25) is 14.0 Å². The van der Waals surface area contributed by atoms with Crippen LogP contribution in [-0.2, 0) is 23.4 Å². The molecule has 4 heterocycles. The van der Waals surface area contributed by atoms with Crippen LogP contribution in [0.15, 0.2) is 47.9 Å². The van der Waals surface area contributed by atoms with Crippen molar-refractivity contribution in [1.29, 1.82) is 0 Å². The summed E-state index contributed by atoms with van der Waals surface area (Å²) >= 11 is 0. The molecule has 0 N–H and O–H groups in total. The smallest absolute Gasteiger partial charge is 0.305 e. The molecule has 0 aromatic carbocycles. The molecule has 0 fully saturated rings. The SMILES string of the molecule is CCS(=O)c1cc(-c2ncccn2)cnc1C(=O)N1CCc2ncc(C(F)(F)F)cc21. The highest BCUT2D eigenvalue weighted by atomic mass is 32.2. The zero-order valence-corrected chi connectivity index (χ0v) is 17.1. The van der Waals surface area contributed by atoms with Crippen LogP contribution in [0.3, 0.4) is 0 Å².